The number of H-pyrrole nitrogens is 1. The zero-order valence-electron chi connectivity index (χ0n) is 10.2. The van der Waals surface area contributed by atoms with E-state index in [1.165, 1.54) is 30.2 Å². The van der Waals surface area contributed by atoms with E-state index in [9.17, 15) is 4.39 Å². The van der Waals surface area contributed by atoms with Gasteiger partial charge in [-0.05, 0) is 31.7 Å². The second kappa shape index (κ2) is 4.41. The molecule has 1 aliphatic rings. The average Bonchev–Trinajstić information content (AvgIpc) is 2.82. The summed E-state index contributed by atoms with van der Waals surface area (Å²) in [6.07, 6.45) is 6.01. The summed E-state index contributed by atoms with van der Waals surface area (Å²) in [4.78, 5) is 0. The van der Waals surface area contributed by atoms with Crippen molar-refractivity contribution < 1.29 is 4.39 Å². The molecular weight excluding hydrogens is 227 g/mol. The molecule has 1 N–H and O–H groups in total. The summed E-state index contributed by atoms with van der Waals surface area (Å²) in [6.45, 7) is 3.59. The third kappa shape index (κ3) is 1.76. The zero-order chi connectivity index (χ0) is 12.5. The summed E-state index contributed by atoms with van der Waals surface area (Å²) < 4.78 is 13.8. The lowest BCUT2D eigenvalue weighted by molar-refractivity contribution is 0.625. The van der Waals surface area contributed by atoms with Crippen LogP contribution in [0.2, 0.25) is 0 Å². The number of hydrogen-bond acceptors (Lipinski definition) is 1. The molecule has 0 radical (unpaired) electrons. The highest BCUT2D eigenvalue weighted by Crippen LogP contribution is 2.30. The van der Waals surface area contributed by atoms with Crippen LogP contribution in [-0.2, 0) is 12.8 Å². The summed E-state index contributed by atoms with van der Waals surface area (Å²) in [5.41, 5.74) is 4.75. The van der Waals surface area contributed by atoms with Crippen LogP contribution in [0.15, 0.2) is 24.8 Å². The summed E-state index contributed by atoms with van der Waals surface area (Å²) in [7, 11) is 0. The molecule has 0 bridgehead atoms. The fraction of sp³-hybridized carbons (Fsp3) is 0.267. The van der Waals surface area contributed by atoms with E-state index in [1.807, 2.05) is 6.07 Å². The number of rotatable bonds is 2. The molecule has 0 saturated carbocycles. The number of nitrogens with one attached hydrogen (secondary N) is 1. The average molecular weight is 242 g/mol. The molecule has 0 spiro atoms. The molecule has 0 unspecified atom stereocenters. The molecule has 0 amide bonds. The maximum Gasteiger partial charge on any atom is 0.131 e. The molecule has 0 atom stereocenters. The van der Waals surface area contributed by atoms with Crippen LogP contribution in [0.4, 0.5) is 4.39 Å². The van der Waals surface area contributed by atoms with Crippen molar-refractivity contribution in [3.05, 3.63) is 47.4 Å². The molecule has 18 heavy (non-hydrogen) atoms. The van der Waals surface area contributed by atoms with Crippen molar-refractivity contribution in [2.24, 2.45) is 0 Å². The quantitative estimate of drug-likeness (QED) is 0.853. The molecule has 1 aromatic heterocycles. The molecule has 0 aliphatic heterocycles. The van der Waals surface area contributed by atoms with Crippen molar-refractivity contribution >= 4 is 6.08 Å². The standard InChI is InChI=1S/C15H15FN2/c1-2-10-7-8-11(9-13(10)16)15-12-5-3-4-6-14(12)17-18-15/h2,7-9H,1,3-6H2,(H,17,18). The second-order valence-corrected chi connectivity index (χ2v) is 4.68. The molecule has 0 fully saturated rings. The van der Waals surface area contributed by atoms with Crippen molar-refractivity contribution in [2.75, 3.05) is 0 Å². The van der Waals surface area contributed by atoms with Gasteiger partial charge in [0, 0.05) is 22.4 Å². The van der Waals surface area contributed by atoms with Gasteiger partial charge in [0.2, 0.25) is 0 Å². The summed E-state index contributed by atoms with van der Waals surface area (Å²) in [5.74, 6) is -0.241. The van der Waals surface area contributed by atoms with Crippen LogP contribution in [0.3, 0.4) is 0 Å². The summed E-state index contributed by atoms with van der Waals surface area (Å²) in [6, 6.07) is 5.20. The van der Waals surface area contributed by atoms with Gasteiger partial charge in [0.25, 0.3) is 0 Å². The first kappa shape index (κ1) is 11.2. The van der Waals surface area contributed by atoms with Crippen LogP contribution in [0.5, 0.6) is 0 Å². The first-order chi connectivity index (χ1) is 8.79. The third-order valence-corrected chi connectivity index (χ3v) is 3.55. The van der Waals surface area contributed by atoms with E-state index in [-0.39, 0.29) is 5.82 Å². The normalized spacial score (nSPS) is 14.3. The van der Waals surface area contributed by atoms with Crippen LogP contribution in [0.1, 0.15) is 29.7 Å². The highest BCUT2D eigenvalue weighted by molar-refractivity contribution is 5.66. The highest BCUT2D eigenvalue weighted by Gasteiger charge is 2.18. The number of aryl methyl sites for hydroxylation is 1. The number of nitrogens with zero attached hydrogens (tertiary/aromatic N) is 1. The minimum Gasteiger partial charge on any atom is -0.282 e. The molecule has 2 aromatic rings. The van der Waals surface area contributed by atoms with Gasteiger partial charge >= 0.3 is 0 Å². The number of halogens is 1. The van der Waals surface area contributed by atoms with Crippen molar-refractivity contribution in [3.8, 4) is 11.3 Å². The van der Waals surface area contributed by atoms with E-state index >= 15 is 0 Å². The van der Waals surface area contributed by atoms with Crippen LogP contribution in [0.25, 0.3) is 17.3 Å². The van der Waals surface area contributed by atoms with Gasteiger partial charge in [-0.25, -0.2) is 4.39 Å². The number of aromatic nitrogens is 2. The van der Waals surface area contributed by atoms with Crippen molar-refractivity contribution in [1.82, 2.24) is 10.2 Å². The van der Waals surface area contributed by atoms with Gasteiger partial charge in [0.1, 0.15) is 5.82 Å². The Kier molecular flexibility index (Phi) is 2.74. The van der Waals surface area contributed by atoms with Crippen molar-refractivity contribution in [3.63, 3.8) is 0 Å². The monoisotopic (exact) mass is 242 g/mol. The predicted octanol–water partition coefficient (Wildman–Crippen LogP) is 3.74. The molecule has 0 saturated heterocycles. The Hall–Kier alpha value is -1.90. The fourth-order valence-electron chi connectivity index (χ4n) is 2.56. The molecule has 1 aliphatic carbocycles. The maximum atomic E-state index is 13.8. The SMILES string of the molecule is C=Cc1ccc(-c2n[nH]c3c2CCCC3)cc1F. The molecule has 1 aromatic carbocycles. The van der Waals surface area contributed by atoms with Gasteiger partial charge in [0.05, 0.1) is 5.69 Å². The van der Waals surface area contributed by atoms with Crippen LogP contribution in [-0.4, -0.2) is 10.2 Å². The Balaban J connectivity index is 2.07. The van der Waals surface area contributed by atoms with E-state index in [0.29, 0.717) is 5.56 Å². The van der Waals surface area contributed by atoms with Gasteiger partial charge in [-0.2, -0.15) is 5.10 Å². The van der Waals surface area contributed by atoms with E-state index in [4.69, 9.17) is 0 Å². The minimum absolute atomic E-state index is 0.241. The number of fused-ring (bicyclic) bond motifs is 1. The third-order valence-electron chi connectivity index (χ3n) is 3.55. The molecule has 3 heteroatoms. The molecular formula is C15H15FN2. The number of benzene rings is 1. The minimum atomic E-state index is -0.241. The predicted molar refractivity (Wildman–Crippen MR) is 70.7 cm³/mol. The smallest absolute Gasteiger partial charge is 0.131 e. The Labute approximate surface area is 106 Å². The molecule has 2 nitrogen and oxygen atoms in total. The first-order valence-corrected chi connectivity index (χ1v) is 6.28. The Morgan fingerprint density at radius 3 is 2.89 bits per heavy atom. The lowest BCUT2D eigenvalue weighted by atomic mass is 9.93. The van der Waals surface area contributed by atoms with Gasteiger partial charge in [-0.15, -0.1) is 0 Å². The Bertz CT molecular complexity index is 599. The Morgan fingerprint density at radius 2 is 2.11 bits per heavy atom. The van der Waals surface area contributed by atoms with E-state index in [0.717, 1.165) is 24.1 Å². The Morgan fingerprint density at radius 1 is 1.28 bits per heavy atom. The van der Waals surface area contributed by atoms with E-state index in [2.05, 4.69) is 16.8 Å². The largest absolute Gasteiger partial charge is 0.282 e. The van der Waals surface area contributed by atoms with Gasteiger partial charge in [-0.1, -0.05) is 24.8 Å². The second-order valence-electron chi connectivity index (χ2n) is 4.68. The fourth-order valence-corrected chi connectivity index (χ4v) is 2.56. The zero-order valence-corrected chi connectivity index (χ0v) is 10.2. The van der Waals surface area contributed by atoms with Gasteiger partial charge in [0.15, 0.2) is 0 Å². The van der Waals surface area contributed by atoms with Crippen LogP contribution in [0, 0.1) is 5.82 Å². The molecule has 3 rings (SSSR count). The number of aromatic amines is 1. The van der Waals surface area contributed by atoms with E-state index in [1.54, 1.807) is 12.1 Å². The lowest BCUT2D eigenvalue weighted by Gasteiger charge is -2.11. The van der Waals surface area contributed by atoms with Crippen LogP contribution < -0.4 is 0 Å². The maximum absolute atomic E-state index is 13.8. The first-order valence-electron chi connectivity index (χ1n) is 6.28. The topological polar surface area (TPSA) is 28.7 Å². The summed E-state index contributed by atoms with van der Waals surface area (Å²) in [5, 5.41) is 7.43. The van der Waals surface area contributed by atoms with Crippen molar-refractivity contribution in [2.45, 2.75) is 25.7 Å². The lowest BCUT2D eigenvalue weighted by Crippen LogP contribution is -2.01. The number of hydrogen-bond donors (Lipinski definition) is 1. The van der Waals surface area contributed by atoms with E-state index < -0.39 is 0 Å². The van der Waals surface area contributed by atoms with Gasteiger partial charge < -0.3 is 0 Å². The van der Waals surface area contributed by atoms with Gasteiger partial charge in [-0.3, -0.25) is 5.10 Å². The molecule has 92 valence electrons. The molecule has 1 heterocycles. The van der Waals surface area contributed by atoms with Crippen LogP contribution >= 0.6 is 0 Å². The highest BCUT2D eigenvalue weighted by atomic mass is 19.1. The summed E-state index contributed by atoms with van der Waals surface area (Å²) >= 11 is 0. The van der Waals surface area contributed by atoms with Crippen molar-refractivity contribution in [1.29, 1.82) is 0 Å².